The summed E-state index contributed by atoms with van der Waals surface area (Å²) in [6.45, 7) is 4.46. The fourth-order valence-electron chi connectivity index (χ4n) is 10.3. The van der Waals surface area contributed by atoms with Crippen LogP contribution in [0, 0.1) is 11.8 Å². The molecule has 2 aromatic heterocycles. The van der Waals surface area contributed by atoms with Gasteiger partial charge in [0.25, 0.3) is 0 Å². The maximum atomic E-state index is 13.3. The van der Waals surface area contributed by atoms with E-state index in [-0.39, 0.29) is 36.6 Å². The third kappa shape index (κ3) is 5.85. The second-order valence-electron chi connectivity index (χ2n) is 16.5. The predicted molar refractivity (Wildman–Crippen MR) is 212 cm³/mol. The molecule has 11 nitrogen and oxygen atoms in total. The number of likely N-dealkylation sites (tertiary alicyclic amines) is 2. The minimum Gasteiger partial charge on any atom is -0.453 e. The third-order valence-corrected chi connectivity index (χ3v) is 13.3. The van der Waals surface area contributed by atoms with E-state index >= 15 is 0 Å². The predicted octanol–water partition coefficient (Wildman–Crippen LogP) is 7.97. The average Bonchev–Trinajstić information content (AvgIpc) is 3.74. The van der Waals surface area contributed by atoms with E-state index in [9.17, 15) is 9.59 Å². The number of imidazole rings is 2. The van der Waals surface area contributed by atoms with Gasteiger partial charge >= 0.3 is 6.09 Å². The number of piperidine rings is 2. The van der Waals surface area contributed by atoms with Crippen molar-refractivity contribution in [1.29, 1.82) is 0 Å². The van der Waals surface area contributed by atoms with E-state index in [1.807, 2.05) is 11.1 Å². The number of ether oxygens (including phenoxy) is 1. The van der Waals surface area contributed by atoms with Crippen LogP contribution < -0.4 is 10.6 Å². The largest absolute Gasteiger partial charge is 0.453 e. The number of H-pyrrole nitrogens is 2. The monoisotopic (exact) mass is 738 g/mol. The zero-order valence-electron chi connectivity index (χ0n) is 32.1. The third-order valence-electron chi connectivity index (χ3n) is 13.3. The maximum absolute atomic E-state index is 13.3. The van der Waals surface area contributed by atoms with Gasteiger partial charge in [0.1, 0.15) is 18.2 Å². The summed E-state index contributed by atoms with van der Waals surface area (Å²) in [5, 5.41) is 6.57. The fraction of sp³-hybridized carbons (Fsp3) is 0.455. The molecule has 3 aliphatic heterocycles. The van der Waals surface area contributed by atoms with E-state index < -0.39 is 6.09 Å². The van der Waals surface area contributed by atoms with Gasteiger partial charge in [0.2, 0.25) is 5.91 Å². The number of alkyl carbamates (subject to hydrolysis) is 1. The zero-order valence-corrected chi connectivity index (χ0v) is 32.1. The molecule has 5 aliphatic rings. The van der Waals surface area contributed by atoms with Gasteiger partial charge in [-0.15, -0.1) is 0 Å². The highest BCUT2D eigenvalue weighted by atomic mass is 16.5. The van der Waals surface area contributed by atoms with Crippen molar-refractivity contribution in [3.8, 4) is 33.5 Å². The smallest absolute Gasteiger partial charge is 0.407 e. The summed E-state index contributed by atoms with van der Waals surface area (Å²) in [5.74, 6) is 3.11. The van der Waals surface area contributed by atoms with Crippen molar-refractivity contribution >= 4 is 23.0 Å². The fourth-order valence-corrected chi connectivity index (χ4v) is 10.3. The standard InChI is InChI=1S/C44H50N8O3/c1-5-7-32-41-29(25-12-15-31-33(16-25)49-43(48-31)38-20-27-18-36(27)52(38)39(53)22-46-44(54)55-4)14-13-28(40(41)30(6-2)47-32)23-8-10-24(11-9-23)34-21-45-42(50-34)37-19-26-17-35(26)51(37)3/h8-16,21,26-27,30,32,35-38,47H,5-7,17-20,22H2,1-4H3,(H,45,50)(H,46,54)(H,48,49)/t26?,27?,30?,32?,35?,36?,37?,38-/m1/s1. The number of nitrogens with one attached hydrogen (secondary N) is 4. The van der Waals surface area contributed by atoms with Crippen LogP contribution >= 0.6 is 0 Å². The number of amides is 2. The van der Waals surface area contributed by atoms with Crippen molar-refractivity contribution in [3.05, 3.63) is 83.6 Å². The van der Waals surface area contributed by atoms with E-state index in [1.54, 1.807) is 0 Å². The van der Waals surface area contributed by atoms with Gasteiger partial charge in [0, 0.05) is 24.2 Å². The highest BCUT2D eigenvalue weighted by Gasteiger charge is 2.55. The Labute approximate surface area is 321 Å². The van der Waals surface area contributed by atoms with Gasteiger partial charge in [-0.1, -0.05) is 62.7 Å². The van der Waals surface area contributed by atoms with Crippen LogP contribution in [0.25, 0.3) is 44.5 Å². The van der Waals surface area contributed by atoms with Crippen molar-refractivity contribution in [2.45, 2.75) is 95.0 Å². The van der Waals surface area contributed by atoms with Crippen molar-refractivity contribution in [2.75, 3.05) is 20.7 Å². The Balaban J connectivity index is 0.956. The highest BCUT2D eigenvalue weighted by Crippen LogP contribution is 2.54. The van der Waals surface area contributed by atoms with E-state index in [4.69, 9.17) is 9.97 Å². The van der Waals surface area contributed by atoms with Crippen molar-refractivity contribution in [1.82, 2.24) is 40.4 Å². The molecular weight excluding hydrogens is 689 g/mol. The lowest BCUT2D eigenvalue weighted by Gasteiger charge is -2.26. The van der Waals surface area contributed by atoms with E-state index in [0.29, 0.717) is 12.0 Å². The number of nitrogens with zero attached hydrogens (tertiary/aromatic N) is 4. The van der Waals surface area contributed by atoms with Gasteiger partial charge in [-0.3, -0.25) is 9.69 Å². The number of fused-ring (bicyclic) bond motifs is 4. The van der Waals surface area contributed by atoms with Crippen molar-refractivity contribution in [2.24, 2.45) is 11.8 Å². The SMILES string of the molecule is CCCC1NC(CC)c2c(-c3ccc(-c4cnc(C5CC6CC6N5C)[nH]4)cc3)ccc(-c3ccc4nc([C@H]5CC6CC6N5C(=O)CNC(=O)OC)[nH]c4c3)c21. The van der Waals surface area contributed by atoms with Gasteiger partial charge in [0.05, 0.1) is 42.1 Å². The normalized spacial score (nSPS) is 27.6. The summed E-state index contributed by atoms with van der Waals surface area (Å²) in [6, 6.07) is 21.9. The number of carbonyl (C=O) groups excluding carboxylic acids is 2. The van der Waals surface area contributed by atoms with Crippen LogP contribution in [0.3, 0.4) is 0 Å². The lowest BCUT2D eigenvalue weighted by molar-refractivity contribution is -0.132. The average molecular weight is 739 g/mol. The van der Waals surface area contributed by atoms with E-state index in [2.05, 4.69) is 106 Å². The van der Waals surface area contributed by atoms with Gasteiger partial charge in [-0.05, 0) is 108 Å². The molecule has 55 heavy (non-hydrogen) atoms. The summed E-state index contributed by atoms with van der Waals surface area (Å²) >= 11 is 0. The lowest BCUT2D eigenvalue weighted by atomic mass is 9.85. The van der Waals surface area contributed by atoms with Crippen LogP contribution in [0.15, 0.2) is 60.8 Å². The molecule has 2 aliphatic carbocycles. The van der Waals surface area contributed by atoms with Gasteiger partial charge in [-0.2, -0.15) is 0 Å². The molecule has 5 aromatic rings. The molecule has 2 amide bonds. The molecule has 4 fully saturated rings. The van der Waals surface area contributed by atoms with Gasteiger partial charge in [-0.25, -0.2) is 14.8 Å². The van der Waals surface area contributed by atoms with Crippen LogP contribution in [0.2, 0.25) is 0 Å². The van der Waals surface area contributed by atoms with Crippen LogP contribution in [0.5, 0.6) is 0 Å². The molecule has 5 heterocycles. The first kappa shape index (κ1) is 34.5. The molecule has 3 aromatic carbocycles. The minimum absolute atomic E-state index is 0.0855. The molecule has 7 unspecified atom stereocenters. The molecule has 0 bridgehead atoms. The molecule has 10 rings (SSSR count). The number of rotatable bonds is 10. The molecule has 284 valence electrons. The number of methoxy groups -OCH3 is 1. The van der Waals surface area contributed by atoms with Crippen molar-refractivity contribution in [3.63, 3.8) is 0 Å². The Morgan fingerprint density at radius 2 is 1.55 bits per heavy atom. The molecule has 0 radical (unpaired) electrons. The van der Waals surface area contributed by atoms with E-state index in [0.717, 1.165) is 83.6 Å². The molecule has 2 saturated heterocycles. The number of aromatic nitrogens is 4. The molecule has 8 atom stereocenters. The van der Waals surface area contributed by atoms with Gasteiger partial charge in [0.15, 0.2) is 0 Å². The van der Waals surface area contributed by atoms with Crippen LogP contribution in [-0.2, 0) is 9.53 Å². The molecular formula is C44H50N8O3. The quantitative estimate of drug-likeness (QED) is 0.114. The second kappa shape index (κ2) is 13.3. The first-order valence-corrected chi connectivity index (χ1v) is 20.3. The Morgan fingerprint density at radius 3 is 2.29 bits per heavy atom. The number of hydrogen-bond donors (Lipinski definition) is 4. The number of hydrogen-bond acceptors (Lipinski definition) is 7. The first-order valence-electron chi connectivity index (χ1n) is 20.3. The topological polar surface area (TPSA) is 131 Å². The summed E-state index contributed by atoms with van der Waals surface area (Å²) in [7, 11) is 3.54. The Morgan fingerprint density at radius 1 is 0.836 bits per heavy atom. The van der Waals surface area contributed by atoms with Crippen LogP contribution in [0.4, 0.5) is 4.79 Å². The summed E-state index contributed by atoms with van der Waals surface area (Å²) in [4.78, 5) is 46.4. The highest BCUT2D eigenvalue weighted by molar-refractivity contribution is 5.87. The first-order chi connectivity index (χ1) is 26.8. The number of benzene rings is 3. The number of carbonyl (C=O) groups is 2. The minimum atomic E-state index is -0.603. The number of aromatic amines is 2. The Hall–Kier alpha value is -5.00. The summed E-state index contributed by atoms with van der Waals surface area (Å²) in [5.41, 5.74) is 11.8. The van der Waals surface area contributed by atoms with Crippen LogP contribution in [-0.4, -0.2) is 74.5 Å². The Kier molecular flexibility index (Phi) is 8.36. The van der Waals surface area contributed by atoms with Gasteiger partial charge < -0.3 is 30.2 Å². The Bertz CT molecular complexity index is 2300. The maximum Gasteiger partial charge on any atom is 0.407 e. The van der Waals surface area contributed by atoms with Crippen LogP contribution in [0.1, 0.15) is 106 Å². The lowest BCUT2D eigenvalue weighted by Crippen LogP contribution is -2.41. The zero-order chi connectivity index (χ0) is 37.5. The summed E-state index contributed by atoms with van der Waals surface area (Å²) < 4.78 is 4.68. The molecule has 2 saturated carbocycles. The van der Waals surface area contributed by atoms with Crippen molar-refractivity contribution < 1.29 is 14.3 Å². The molecule has 4 N–H and O–H groups in total. The summed E-state index contributed by atoms with van der Waals surface area (Å²) in [6.07, 6.45) is 8.98. The second-order valence-corrected chi connectivity index (χ2v) is 16.5. The molecule has 0 spiro atoms. The van der Waals surface area contributed by atoms with E-state index in [1.165, 1.54) is 47.8 Å². The molecule has 11 heteroatoms.